The number of carbonyl (C=O) groups is 2. The van der Waals surface area contributed by atoms with Crippen LogP contribution >= 0.6 is 0 Å². The summed E-state index contributed by atoms with van der Waals surface area (Å²) >= 11 is 0. The number of carbonyl (C=O) groups excluding carboxylic acids is 2. The Hall–Kier alpha value is -3.69. The maximum atomic E-state index is 13.1. The Morgan fingerprint density at radius 3 is 2.50 bits per heavy atom. The van der Waals surface area contributed by atoms with Crippen molar-refractivity contribution in [1.29, 1.82) is 0 Å². The number of hydrogen-bond donors (Lipinski definition) is 3. The van der Waals surface area contributed by atoms with Crippen LogP contribution in [0.15, 0.2) is 36.4 Å². The van der Waals surface area contributed by atoms with Gasteiger partial charge < -0.3 is 20.2 Å². The van der Waals surface area contributed by atoms with Crippen molar-refractivity contribution in [3.05, 3.63) is 47.5 Å². The minimum absolute atomic E-state index is 0.113. The second-order valence-corrected chi connectivity index (χ2v) is 6.18. The molecule has 0 saturated heterocycles. The lowest BCUT2D eigenvalue weighted by Gasteiger charge is -2.04. The van der Waals surface area contributed by atoms with E-state index in [0.29, 0.717) is 23.0 Å². The lowest BCUT2D eigenvalue weighted by atomic mass is 10.1. The van der Waals surface area contributed by atoms with Crippen LogP contribution in [0.1, 0.15) is 22.3 Å². The van der Waals surface area contributed by atoms with E-state index in [-0.39, 0.29) is 29.8 Å². The molecule has 8 nitrogen and oxygen atoms in total. The van der Waals surface area contributed by atoms with Gasteiger partial charge in [-0.3, -0.25) is 14.9 Å². The Kier molecular flexibility index (Phi) is 4.10. The molecule has 0 radical (unpaired) electrons. The van der Waals surface area contributed by atoms with Gasteiger partial charge in [0.1, 0.15) is 0 Å². The number of nitrogens with two attached hydrogens (primary N) is 1. The van der Waals surface area contributed by atoms with E-state index >= 15 is 0 Å². The Balaban J connectivity index is 1.39. The molecule has 0 bridgehead atoms. The van der Waals surface area contributed by atoms with Crippen LogP contribution in [-0.4, -0.2) is 28.1 Å². The summed E-state index contributed by atoms with van der Waals surface area (Å²) in [7, 11) is 0. The molecule has 28 heavy (non-hydrogen) atoms. The number of halogens is 2. The van der Waals surface area contributed by atoms with Crippen LogP contribution in [0, 0.1) is 0 Å². The lowest BCUT2D eigenvalue weighted by molar-refractivity contribution is -0.286. The molecule has 0 saturated carbocycles. The molecule has 1 aliphatic rings. The van der Waals surface area contributed by atoms with E-state index in [2.05, 4.69) is 24.8 Å². The number of anilines is 1. The normalized spacial score (nSPS) is 14.2. The van der Waals surface area contributed by atoms with Crippen LogP contribution in [0.2, 0.25) is 0 Å². The number of benzene rings is 2. The Morgan fingerprint density at radius 2 is 1.82 bits per heavy atom. The number of ether oxygens (including phenoxy) is 2. The Labute approximate surface area is 156 Å². The summed E-state index contributed by atoms with van der Waals surface area (Å²) in [5.41, 5.74) is 7.21. The molecule has 0 fully saturated rings. The minimum Gasteiger partial charge on any atom is -0.395 e. The van der Waals surface area contributed by atoms with Crippen LogP contribution in [-0.2, 0) is 11.2 Å². The van der Waals surface area contributed by atoms with Gasteiger partial charge in [-0.15, -0.1) is 8.78 Å². The molecule has 0 unspecified atom stereocenters. The molecular weight excluding hydrogens is 374 g/mol. The zero-order valence-corrected chi connectivity index (χ0v) is 14.3. The van der Waals surface area contributed by atoms with Gasteiger partial charge in [0.25, 0.3) is 0 Å². The van der Waals surface area contributed by atoms with Gasteiger partial charge in [0.05, 0.1) is 11.0 Å². The highest BCUT2D eigenvalue weighted by Gasteiger charge is 2.43. The molecule has 2 heterocycles. The van der Waals surface area contributed by atoms with E-state index in [0.717, 1.165) is 5.56 Å². The SMILES string of the molecule is NC(=O)c1ccc(CCC(=O)Nc2nc3cc4c(cc3[nH]2)OC(F)(F)O4)cc1. The van der Waals surface area contributed by atoms with E-state index in [1.54, 1.807) is 24.3 Å². The molecule has 10 heteroatoms. The first kappa shape index (κ1) is 17.7. The van der Waals surface area contributed by atoms with Crippen LogP contribution in [0.5, 0.6) is 11.5 Å². The topological polar surface area (TPSA) is 119 Å². The number of H-pyrrole nitrogens is 1. The molecular formula is C18H14F2N4O4. The molecule has 2 amide bonds. The molecule has 0 aliphatic carbocycles. The Morgan fingerprint density at radius 1 is 1.14 bits per heavy atom. The zero-order chi connectivity index (χ0) is 19.9. The first-order valence-corrected chi connectivity index (χ1v) is 8.27. The fourth-order valence-electron chi connectivity index (χ4n) is 2.80. The average molecular weight is 388 g/mol. The molecule has 1 aromatic heterocycles. The Bertz CT molecular complexity index is 1030. The van der Waals surface area contributed by atoms with Gasteiger partial charge in [-0.25, -0.2) is 4.98 Å². The predicted molar refractivity (Wildman–Crippen MR) is 94.2 cm³/mol. The average Bonchev–Trinajstić information content (AvgIpc) is 3.14. The number of aromatic nitrogens is 2. The summed E-state index contributed by atoms with van der Waals surface area (Å²) in [5.74, 6) is -0.858. The number of nitrogens with one attached hydrogen (secondary N) is 2. The number of primary amides is 1. The number of fused-ring (bicyclic) bond motifs is 2. The summed E-state index contributed by atoms with van der Waals surface area (Å²) in [6.07, 6.45) is -3.06. The second-order valence-electron chi connectivity index (χ2n) is 6.18. The maximum Gasteiger partial charge on any atom is 0.586 e. The van der Waals surface area contributed by atoms with Gasteiger partial charge in [0.2, 0.25) is 17.8 Å². The van der Waals surface area contributed by atoms with Gasteiger partial charge in [-0.1, -0.05) is 12.1 Å². The largest absolute Gasteiger partial charge is 0.586 e. The van der Waals surface area contributed by atoms with E-state index in [9.17, 15) is 18.4 Å². The smallest absolute Gasteiger partial charge is 0.395 e. The highest BCUT2D eigenvalue weighted by molar-refractivity contribution is 5.93. The highest BCUT2D eigenvalue weighted by atomic mass is 19.3. The summed E-state index contributed by atoms with van der Waals surface area (Å²) in [4.78, 5) is 30.1. The van der Waals surface area contributed by atoms with E-state index in [4.69, 9.17) is 5.73 Å². The minimum atomic E-state index is -3.70. The number of aromatic amines is 1. The first-order chi connectivity index (χ1) is 13.3. The van der Waals surface area contributed by atoms with Crippen molar-refractivity contribution in [3.63, 3.8) is 0 Å². The molecule has 0 spiro atoms. The number of hydrogen-bond acceptors (Lipinski definition) is 5. The zero-order valence-electron chi connectivity index (χ0n) is 14.3. The van der Waals surface area contributed by atoms with Crippen molar-refractivity contribution in [2.45, 2.75) is 19.1 Å². The highest BCUT2D eigenvalue weighted by Crippen LogP contribution is 2.42. The summed E-state index contributed by atoms with van der Waals surface area (Å²) in [6.45, 7) is 0. The number of imidazole rings is 1. The second kappa shape index (κ2) is 6.48. The third kappa shape index (κ3) is 3.56. The quantitative estimate of drug-likeness (QED) is 0.621. The molecule has 1 aliphatic heterocycles. The molecule has 4 N–H and O–H groups in total. The van der Waals surface area contributed by atoms with Crippen molar-refractivity contribution >= 4 is 28.8 Å². The predicted octanol–water partition coefficient (Wildman–Crippen LogP) is 2.55. The summed E-state index contributed by atoms with van der Waals surface area (Å²) in [5, 5.41) is 2.61. The van der Waals surface area contributed by atoms with Crippen molar-refractivity contribution in [2.24, 2.45) is 5.73 Å². The monoisotopic (exact) mass is 388 g/mol. The molecule has 4 rings (SSSR count). The number of aryl methyl sites for hydroxylation is 1. The standard InChI is InChI=1S/C18H14F2N4O4/c19-18(20)27-13-7-11-12(8-14(13)28-18)23-17(22-11)24-15(25)6-3-9-1-4-10(5-2-9)16(21)26/h1-2,4-5,7-8H,3,6H2,(H2,21,26)(H2,22,23,24,25). The van der Waals surface area contributed by atoms with Gasteiger partial charge >= 0.3 is 6.29 Å². The van der Waals surface area contributed by atoms with Crippen molar-refractivity contribution in [2.75, 3.05) is 5.32 Å². The third-order valence-corrected chi connectivity index (χ3v) is 4.14. The molecule has 3 aromatic rings. The molecule has 2 aromatic carbocycles. The van der Waals surface area contributed by atoms with E-state index in [1.165, 1.54) is 12.1 Å². The summed E-state index contributed by atoms with van der Waals surface area (Å²) in [6, 6.07) is 9.29. The van der Waals surface area contributed by atoms with Crippen LogP contribution < -0.4 is 20.5 Å². The molecule has 0 atom stereocenters. The maximum absolute atomic E-state index is 13.1. The van der Waals surface area contributed by atoms with Gasteiger partial charge in [-0.05, 0) is 24.1 Å². The first-order valence-electron chi connectivity index (χ1n) is 8.27. The fourth-order valence-corrected chi connectivity index (χ4v) is 2.80. The van der Waals surface area contributed by atoms with E-state index in [1.807, 2.05) is 0 Å². The van der Waals surface area contributed by atoms with Crippen LogP contribution in [0.4, 0.5) is 14.7 Å². The third-order valence-electron chi connectivity index (χ3n) is 4.14. The lowest BCUT2D eigenvalue weighted by Crippen LogP contribution is -2.25. The van der Waals surface area contributed by atoms with Crippen LogP contribution in [0.25, 0.3) is 11.0 Å². The summed E-state index contributed by atoms with van der Waals surface area (Å²) < 4.78 is 34.9. The fraction of sp³-hybridized carbons (Fsp3) is 0.167. The van der Waals surface area contributed by atoms with Crippen molar-refractivity contribution in [3.8, 4) is 11.5 Å². The van der Waals surface area contributed by atoms with Gasteiger partial charge in [-0.2, -0.15) is 0 Å². The number of amides is 2. The number of nitrogens with zero attached hydrogens (tertiary/aromatic N) is 1. The van der Waals surface area contributed by atoms with Gasteiger partial charge in [0, 0.05) is 24.1 Å². The number of alkyl halides is 2. The number of rotatable bonds is 5. The van der Waals surface area contributed by atoms with Gasteiger partial charge in [0.15, 0.2) is 11.5 Å². The van der Waals surface area contributed by atoms with Crippen molar-refractivity contribution < 1.29 is 27.8 Å². The van der Waals surface area contributed by atoms with Crippen molar-refractivity contribution in [1.82, 2.24) is 9.97 Å². The molecule has 144 valence electrons. The van der Waals surface area contributed by atoms with E-state index < -0.39 is 12.2 Å². The van der Waals surface area contributed by atoms with Crippen LogP contribution in [0.3, 0.4) is 0 Å².